The monoisotopic (exact) mass is 330 g/mol. The summed E-state index contributed by atoms with van der Waals surface area (Å²) in [5, 5.41) is 1.15. The van der Waals surface area contributed by atoms with E-state index in [0.717, 1.165) is 5.56 Å². The van der Waals surface area contributed by atoms with Crippen molar-refractivity contribution in [2.24, 2.45) is 11.1 Å². The molecule has 6 heteroatoms. The zero-order valence-electron chi connectivity index (χ0n) is 12.1. The van der Waals surface area contributed by atoms with Gasteiger partial charge in [-0.15, -0.1) is 0 Å². The van der Waals surface area contributed by atoms with Crippen LogP contribution in [0.3, 0.4) is 0 Å². The summed E-state index contributed by atoms with van der Waals surface area (Å²) in [5.41, 5.74) is 6.24. The van der Waals surface area contributed by atoms with Gasteiger partial charge in [0.25, 0.3) is 0 Å². The van der Waals surface area contributed by atoms with Gasteiger partial charge >= 0.3 is 0 Å². The van der Waals surface area contributed by atoms with E-state index < -0.39 is 5.41 Å². The van der Waals surface area contributed by atoms with Crippen molar-refractivity contribution in [3.05, 3.63) is 33.8 Å². The van der Waals surface area contributed by atoms with Crippen LogP contribution >= 0.6 is 23.2 Å². The van der Waals surface area contributed by atoms with Gasteiger partial charge in [-0.1, -0.05) is 29.3 Å². The molecule has 21 heavy (non-hydrogen) atoms. The molecule has 1 aliphatic rings. The van der Waals surface area contributed by atoms with Crippen molar-refractivity contribution in [3.63, 3.8) is 0 Å². The van der Waals surface area contributed by atoms with Crippen LogP contribution in [0.25, 0.3) is 0 Å². The zero-order valence-corrected chi connectivity index (χ0v) is 13.6. The van der Waals surface area contributed by atoms with Gasteiger partial charge in [0.1, 0.15) is 0 Å². The molecule has 4 nitrogen and oxygen atoms in total. The molecule has 1 saturated heterocycles. The van der Waals surface area contributed by atoms with E-state index in [2.05, 4.69) is 0 Å². The molecule has 1 aliphatic heterocycles. The Hall–Kier alpha value is -0.810. The molecule has 0 saturated carbocycles. The number of hydrogen-bond acceptors (Lipinski definition) is 3. The van der Waals surface area contributed by atoms with E-state index in [-0.39, 0.29) is 5.91 Å². The molecule has 0 bridgehead atoms. The second-order valence-corrected chi connectivity index (χ2v) is 6.34. The van der Waals surface area contributed by atoms with E-state index in [1.54, 1.807) is 24.1 Å². The van der Waals surface area contributed by atoms with Crippen LogP contribution in [0.5, 0.6) is 0 Å². The van der Waals surface area contributed by atoms with Crippen molar-refractivity contribution in [2.75, 3.05) is 26.8 Å². The van der Waals surface area contributed by atoms with Crippen LogP contribution in [0.2, 0.25) is 10.0 Å². The van der Waals surface area contributed by atoms with Crippen molar-refractivity contribution in [2.45, 2.75) is 19.4 Å². The molecule has 0 aliphatic carbocycles. The summed E-state index contributed by atoms with van der Waals surface area (Å²) in [6.45, 7) is 1.95. The fourth-order valence-corrected chi connectivity index (χ4v) is 3.12. The van der Waals surface area contributed by atoms with E-state index >= 15 is 0 Å². The van der Waals surface area contributed by atoms with Crippen LogP contribution in [0, 0.1) is 5.41 Å². The molecule has 1 amide bonds. The number of hydrogen-bond donors (Lipinski definition) is 1. The number of ether oxygens (including phenoxy) is 1. The first kappa shape index (κ1) is 16.6. The molecule has 2 N–H and O–H groups in total. The lowest BCUT2D eigenvalue weighted by Crippen LogP contribution is -2.49. The average Bonchev–Trinajstić information content (AvgIpc) is 2.50. The van der Waals surface area contributed by atoms with Crippen molar-refractivity contribution in [3.8, 4) is 0 Å². The van der Waals surface area contributed by atoms with Gasteiger partial charge < -0.3 is 15.4 Å². The Bertz CT molecular complexity index is 516. The number of benzene rings is 1. The predicted molar refractivity (Wildman–Crippen MR) is 84.5 cm³/mol. The highest BCUT2D eigenvalue weighted by Crippen LogP contribution is 2.32. The summed E-state index contributed by atoms with van der Waals surface area (Å²) < 4.78 is 5.34. The third kappa shape index (κ3) is 3.69. The third-order valence-corrected chi connectivity index (χ3v) is 4.65. The highest BCUT2D eigenvalue weighted by Gasteiger charge is 2.40. The molecule has 0 aromatic heterocycles. The highest BCUT2D eigenvalue weighted by atomic mass is 35.5. The first-order valence-corrected chi connectivity index (χ1v) is 7.71. The van der Waals surface area contributed by atoms with E-state index in [1.807, 2.05) is 6.07 Å². The van der Waals surface area contributed by atoms with Crippen LogP contribution in [0.1, 0.15) is 18.4 Å². The molecule has 0 unspecified atom stereocenters. The maximum Gasteiger partial charge on any atom is 0.230 e. The lowest BCUT2D eigenvalue weighted by atomic mass is 9.79. The van der Waals surface area contributed by atoms with Gasteiger partial charge in [-0.2, -0.15) is 0 Å². The van der Waals surface area contributed by atoms with Gasteiger partial charge in [0.15, 0.2) is 0 Å². The van der Waals surface area contributed by atoms with Gasteiger partial charge in [0.2, 0.25) is 5.91 Å². The normalized spacial score (nSPS) is 17.5. The quantitative estimate of drug-likeness (QED) is 0.923. The first-order valence-electron chi connectivity index (χ1n) is 6.96. The molecule has 0 spiro atoms. The molecular weight excluding hydrogens is 311 g/mol. The third-order valence-electron chi connectivity index (χ3n) is 4.06. The molecular formula is C15H20Cl2N2O2. The van der Waals surface area contributed by atoms with Gasteiger partial charge in [-0.3, -0.25) is 4.79 Å². The number of rotatable bonds is 4. The first-order chi connectivity index (χ1) is 9.98. The summed E-state index contributed by atoms with van der Waals surface area (Å²) in [6.07, 6.45) is 1.34. The van der Waals surface area contributed by atoms with E-state index in [0.29, 0.717) is 49.2 Å². The second-order valence-electron chi connectivity index (χ2n) is 5.49. The molecule has 1 aromatic rings. The van der Waals surface area contributed by atoms with Crippen LogP contribution in [-0.2, 0) is 16.1 Å². The summed E-state index contributed by atoms with van der Waals surface area (Å²) in [7, 11) is 1.78. The van der Waals surface area contributed by atoms with Crippen molar-refractivity contribution in [1.82, 2.24) is 4.90 Å². The minimum absolute atomic E-state index is 0.0549. The van der Waals surface area contributed by atoms with E-state index in [4.69, 9.17) is 33.7 Å². The topological polar surface area (TPSA) is 55.6 Å². The molecule has 116 valence electrons. The summed E-state index contributed by atoms with van der Waals surface area (Å²) in [5.74, 6) is 0.0549. The van der Waals surface area contributed by atoms with Crippen molar-refractivity contribution >= 4 is 29.1 Å². The minimum Gasteiger partial charge on any atom is -0.381 e. The Morgan fingerprint density at radius 1 is 1.38 bits per heavy atom. The molecule has 1 heterocycles. The fourth-order valence-electron chi connectivity index (χ4n) is 2.65. The lowest BCUT2D eigenvalue weighted by molar-refractivity contribution is -0.146. The molecule has 2 rings (SSSR count). The average molecular weight is 331 g/mol. The molecule has 0 radical (unpaired) electrons. The highest BCUT2D eigenvalue weighted by molar-refractivity contribution is 6.35. The predicted octanol–water partition coefficient (Wildman–Crippen LogP) is 2.71. The molecule has 1 fully saturated rings. The smallest absolute Gasteiger partial charge is 0.230 e. The van der Waals surface area contributed by atoms with Crippen LogP contribution in [-0.4, -0.2) is 37.6 Å². The maximum absolute atomic E-state index is 12.8. The number of nitrogens with zero attached hydrogens (tertiary/aromatic N) is 1. The number of carbonyl (C=O) groups excluding carboxylic acids is 1. The summed E-state index contributed by atoms with van der Waals surface area (Å²) in [6, 6.07) is 5.30. The zero-order chi connectivity index (χ0) is 15.5. The fraction of sp³-hybridized carbons (Fsp3) is 0.533. The number of nitrogens with two attached hydrogens (primary N) is 1. The van der Waals surface area contributed by atoms with Gasteiger partial charge in [0.05, 0.1) is 5.41 Å². The van der Waals surface area contributed by atoms with Crippen LogP contribution in [0.4, 0.5) is 0 Å². The van der Waals surface area contributed by atoms with Crippen molar-refractivity contribution < 1.29 is 9.53 Å². The Labute approximate surface area is 135 Å². The van der Waals surface area contributed by atoms with Crippen molar-refractivity contribution in [1.29, 1.82) is 0 Å². The lowest BCUT2D eigenvalue weighted by Gasteiger charge is -2.37. The Morgan fingerprint density at radius 2 is 2.05 bits per heavy atom. The second kappa shape index (κ2) is 6.97. The largest absolute Gasteiger partial charge is 0.381 e. The minimum atomic E-state index is -0.508. The summed E-state index contributed by atoms with van der Waals surface area (Å²) in [4.78, 5) is 14.4. The molecule has 1 aromatic carbocycles. The van der Waals surface area contributed by atoms with Gasteiger partial charge in [-0.05, 0) is 30.5 Å². The number of amides is 1. The maximum atomic E-state index is 12.8. The molecule has 0 atom stereocenters. The Kier molecular flexibility index (Phi) is 5.49. The standard InChI is InChI=1S/C15H20Cl2N2O2/c1-19(9-11-2-3-12(16)8-13(11)17)14(20)15(10-18)4-6-21-7-5-15/h2-3,8H,4-7,9-10,18H2,1H3. The van der Waals surface area contributed by atoms with Gasteiger partial charge in [0, 0.05) is 43.4 Å². The number of carbonyl (C=O) groups is 1. The van der Waals surface area contributed by atoms with E-state index in [9.17, 15) is 4.79 Å². The van der Waals surface area contributed by atoms with E-state index in [1.165, 1.54) is 0 Å². The Balaban J connectivity index is 2.11. The number of halogens is 2. The Morgan fingerprint density at radius 3 is 2.62 bits per heavy atom. The van der Waals surface area contributed by atoms with Crippen LogP contribution in [0.15, 0.2) is 18.2 Å². The van der Waals surface area contributed by atoms with Gasteiger partial charge in [-0.25, -0.2) is 0 Å². The SMILES string of the molecule is CN(Cc1ccc(Cl)cc1Cl)C(=O)C1(CN)CCOCC1. The van der Waals surface area contributed by atoms with Crippen LogP contribution < -0.4 is 5.73 Å². The summed E-state index contributed by atoms with van der Waals surface area (Å²) >= 11 is 12.1.